The minimum absolute atomic E-state index is 0.0321. The molecule has 2 rings (SSSR count). The third-order valence-corrected chi connectivity index (χ3v) is 5.33. The Morgan fingerprint density at radius 2 is 1.92 bits per heavy atom. The first kappa shape index (κ1) is 29.7. The lowest BCUT2D eigenvalue weighted by Gasteiger charge is -2.18. The summed E-state index contributed by atoms with van der Waals surface area (Å²) in [5.41, 5.74) is 8.17. The smallest absolute Gasteiger partial charge is 0.419 e. The van der Waals surface area contributed by atoms with E-state index < -0.39 is 30.9 Å². The Morgan fingerprint density at radius 1 is 1.21 bits per heavy atom. The van der Waals surface area contributed by atoms with Gasteiger partial charge >= 0.3 is 12.1 Å². The number of carbonyl (C=O) groups is 4. The van der Waals surface area contributed by atoms with Crippen LogP contribution in [0.4, 0.5) is 10.5 Å². The van der Waals surface area contributed by atoms with Crippen molar-refractivity contribution in [3.8, 4) is 0 Å². The number of ether oxygens (including phenoxy) is 2. The first-order chi connectivity index (χ1) is 18.0. The molecule has 0 saturated heterocycles. The third kappa shape index (κ3) is 7.26. The average Bonchev–Trinajstić information content (AvgIpc) is 3.26. The summed E-state index contributed by atoms with van der Waals surface area (Å²) in [6.45, 7) is 7.73. The molecule has 0 aliphatic heterocycles. The topological polar surface area (TPSA) is 189 Å². The van der Waals surface area contributed by atoms with Gasteiger partial charge in [-0.25, -0.2) is 24.5 Å². The molecule has 0 fully saturated rings. The number of hydrogen-bond acceptors (Lipinski definition) is 8. The van der Waals surface area contributed by atoms with Gasteiger partial charge < -0.3 is 30.6 Å². The molecule has 0 saturated carbocycles. The maximum absolute atomic E-state index is 13.1. The lowest BCUT2D eigenvalue weighted by Crippen LogP contribution is -2.38. The molecule has 0 aliphatic rings. The minimum Gasteiger partial charge on any atom is -0.426 e. The number of aromatic amines is 1. The summed E-state index contributed by atoms with van der Waals surface area (Å²) in [5, 5.41) is 11.9. The average molecular weight is 529 g/mol. The van der Waals surface area contributed by atoms with E-state index in [1.165, 1.54) is 13.1 Å². The molecule has 5 N–H and O–H groups in total. The first-order valence-electron chi connectivity index (χ1n) is 11.8. The molecule has 3 amide bonds. The Kier molecular flexibility index (Phi) is 10.7. The normalized spacial score (nSPS) is 12.2. The van der Waals surface area contributed by atoms with Crippen LogP contribution in [0.5, 0.6) is 0 Å². The van der Waals surface area contributed by atoms with E-state index in [0.29, 0.717) is 29.1 Å². The van der Waals surface area contributed by atoms with Crippen molar-refractivity contribution in [2.45, 2.75) is 40.7 Å². The van der Waals surface area contributed by atoms with E-state index in [1.54, 1.807) is 32.0 Å². The number of esters is 1. The van der Waals surface area contributed by atoms with E-state index in [9.17, 15) is 19.2 Å². The van der Waals surface area contributed by atoms with Crippen molar-refractivity contribution >= 4 is 41.7 Å². The standard InChI is InChI=1S/C25H32N6O7/c1-6-27-22(33)17-9-8-14(3)19(10-17)30-21(29-12-26)20-15(4)18(11-28-20)23(34)31(7-2)25(36)38-13-37-24(35)16(5)32/h8-12,16,28,32H,6-7,13H2,1-5H3,(H,27,33)(H2,26,29,30). The van der Waals surface area contributed by atoms with Crippen LogP contribution in [-0.2, 0) is 14.3 Å². The molecule has 1 heterocycles. The lowest BCUT2D eigenvalue weighted by molar-refractivity contribution is -0.161. The second-order valence-electron chi connectivity index (χ2n) is 7.99. The Morgan fingerprint density at radius 3 is 2.53 bits per heavy atom. The van der Waals surface area contributed by atoms with Crippen molar-refractivity contribution in [2.75, 3.05) is 19.9 Å². The summed E-state index contributed by atoms with van der Waals surface area (Å²) < 4.78 is 9.44. The molecule has 13 heteroatoms. The number of aliphatic hydroxyl groups is 1. The number of nitrogens with zero attached hydrogens (tertiary/aromatic N) is 3. The van der Waals surface area contributed by atoms with Crippen LogP contribution < -0.4 is 11.1 Å². The number of benzene rings is 1. The number of imide groups is 1. The molecule has 2 aromatic rings. The number of nitrogens with two attached hydrogens (primary N) is 1. The monoisotopic (exact) mass is 528 g/mol. The number of amidine groups is 1. The molecule has 13 nitrogen and oxygen atoms in total. The Hall–Kier alpha value is -4.52. The van der Waals surface area contributed by atoms with Gasteiger partial charge in [0.1, 0.15) is 6.10 Å². The molecule has 0 radical (unpaired) electrons. The van der Waals surface area contributed by atoms with Gasteiger partial charge in [-0.2, -0.15) is 0 Å². The largest absolute Gasteiger partial charge is 0.426 e. The molecular weight excluding hydrogens is 496 g/mol. The van der Waals surface area contributed by atoms with Gasteiger partial charge in [-0.1, -0.05) is 6.07 Å². The van der Waals surface area contributed by atoms with Gasteiger partial charge in [0, 0.05) is 24.8 Å². The number of carbonyl (C=O) groups excluding carboxylic acids is 4. The van der Waals surface area contributed by atoms with Gasteiger partial charge in [-0.3, -0.25) is 9.59 Å². The SMILES string of the molecule is CCNC(=O)c1ccc(C)c(N=C(N=CN)c2[nH]cc(C(=O)N(CC)C(=O)OCOC(=O)C(C)O)c2C)c1. The fourth-order valence-corrected chi connectivity index (χ4v) is 3.26. The summed E-state index contributed by atoms with van der Waals surface area (Å²) in [7, 11) is 0. The summed E-state index contributed by atoms with van der Waals surface area (Å²) >= 11 is 0. The highest BCUT2D eigenvalue weighted by Crippen LogP contribution is 2.24. The Labute approximate surface area is 219 Å². The van der Waals surface area contributed by atoms with E-state index in [2.05, 4.69) is 25.0 Å². The van der Waals surface area contributed by atoms with Crippen molar-refractivity contribution < 1.29 is 33.8 Å². The second kappa shape index (κ2) is 13.7. The van der Waals surface area contributed by atoms with Crippen LogP contribution in [0.2, 0.25) is 0 Å². The predicted molar refractivity (Wildman–Crippen MR) is 139 cm³/mol. The molecular formula is C25H32N6O7. The molecule has 1 unspecified atom stereocenters. The van der Waals surface area contributed by atoms with E-state index in [-0.39, 0.29) is 23.9 Å². The van der Waals surface area contributed by atoms with Crippen LogP contribution in [0.25, 0.3) is 0 Å². The van der Waals surface area contributed by atoms with Gasteiger partial charge in [-0.15, -0.1) is 0 Å². The van der Waals surface area contributed by atoms with Crippen LogP contribution in [0.1, 0.15) is 58.3 Å². The van der Waals surface area contributed by atoms with Crippen molar-refractivity contribution in [1.29, 1.82) is 0 Å². The van der Waals surface area contributed by atoms with Crippen LogP contribution >= 0.6 is 0 Å². The first-order valence-corrected chi connectivity index (χ1v) is 11.8. The molecule has 204 valence electrons. The van der Waals surface area contributed by atoms with Gasteiger partial charge in [0.15, 0.2) is 5.84 Å². The van der Waals surface area contributed by atoms with Crippen LogP contribution in [-0.4, -0.2) is 77.0 Å². The zero-order valence-corrected chi connectivity index (χ0v) is 21.9. The summed E-state index contributed by atoms with van der Waals surface area (Å²) in [6.07, 6.45) is 0.0269. The summed E-state index contributed by atoms with van der Waals surface area (Å²) in [6, 6.07) is 5.06. The maximum atomic E-state index is 13.1. The minimum atomic E-state index is -1.38. The molecule has 38 heavy (non-hydrogen) atoms. The van der Waals surface area contributed by atoms with Crippen LogP contribution in [0.15, 0.2) is 34.4 Å². The van der Waals surface area contributed by atoms with Gasteiger partial charge in [0.05, 0.1) is 23.3 Å². The fourth-order valence-electron chi connectivity index (χ4n) is 3.26. The molecule has 0 bridgehead atoms. The Balaban J connectivity index is 2.35. The number of aromatic nitrogens is 1. The van der Waals surface area contributed by atoms with Crippen molar-refractivity contribution in [3.05, 3.63) is 52.3 Å². The van der Waals surface area contributed by atoms with Crippen molar-refractivity contribution in [1.82, 2.24) is 15.2 Å². The van der Waals surface area contributed by atoms with Crippen LogP contribution in [0, 0.1) is 13.8 Å². The number of amides is 3. The van der Waals surface area contributed by atoms with Crippen molar-refractivity contribution in [3.63, 3.8) is 0 Å². The van der Waals surface area contributed by atoms with E-state index in [0.717, 1.165) is 16.8 Å². The van der Waals surface area contributed by atoms with E-state index in [4.69, 9.17) is 15.6 Å². The summed E-state index contributed by atoms with van der Waals surface area (Å²) in [4.78, 5) is 61.6. The zero-order valence-electron chi connectivity index (χ0n) is 21.9. The summed E-state index contributed by atoms with van der Waals surface area (Å²) in [5.74, 6) is -1.75. The number of H-pyrrole nitrogens is 1. The molecule has 1 aromatic heterocycles. The highest BCUT2D eigenvalue weighted by Gasteiger charge is 2.27. The van der Waals surface area contributed by atoms with Gasteiger partial charge in [0.2, 0.25) is 6.79 Å². The highest BCUT2D eigenvalue weighted by molar-refractivity contribution is 6.09. The lowest BCUT2D eigenvalue weighted by atomic mass is 10.1. The van der Waals surface area contributed by atoms with Crippen LogP contribution in [0.3, 0.4) is 0 Å². The number of aliphatic hydroxyl groups excluding tert-OH is 1. The highest BCUT2D eigenvalue weighted by atomic mass is 16.7. The molecule has 0 spiro atoms. The Bertz CT molecular complexity index is 1250. The van der Waals surface area contributed by atoms with Gasteiger partial charge in [0.25, 0.3) is 11.8 Å². The third-order valence-electron chi connectivity index (χ3n) is 5.33. The number of nitrogens with one attached hydrogen (secondary N) is 2. The number of aliphatic imine (C=N–C) groups is 2. The zero-order chi connectivity index (χ0) is 28.4. The second-order valence-corrected chi connectivity index (χ2v) is 7.99. The number of hydrogen-bond donors (Lipinski definition) is 4. The number of aryl methyl sites for hydroxylation is 1. The molecule has 1 atom stereocenters. The fraction of sp³-hybridized carbons (Fsp3) is 0.360. The van der Waals surface area contributed by atoms with Gasteiger partial charge in [-0.05, 0) is 57.9 Å². The predicted octanol–water partition coefficient (Wildman–Crippen LogP) is 1.93. The quantitative estimate of drug-likeness (QED) is 0.164. The molecule has 1 aromatic carbocycles. The van der Waals surface area contributed by atoms with Crippen molar-refractivity contribution in [2.24, 2.45) is 15.7 Å². The van der Waals surface area contributed by atoms with E-state index in [1.807, 2.05) is 13.8 Å². The number of rotatable bonds is 9. The molecule has 0 aliphatic carbocycles. The maximum Gasteiger partial charge on any atom is 0.419 e. The van der Waals surface area contributed by atoms with E-state index >= 15 is 0 Å².